The zero-order chi connectivity index (χ0) is 21.2. The molecule has 164 valence electrons. The summed E-state index contributed by atoms with van der Waals surface area (Å²) in [5, 5.41) is 8.17. The number of thiazole rings is 1. The Hall–Kier alpha value is -2.12. The maximum Gasteiger partial charge on any atom is 0.191 e. The quantitative estimate of drug-likeness (QED) is 0.471. The molecule has 0 spiro atoms. The summed E-state index contributed by atoms with van der Waals surface area (Å²) < 4.78 is 5.34. The number of aliphatic imine (C=N–C) groups is 1. The van der Waals surface area contributed by atoms with E-state index >= 15 is 0 Å². The number of nitrogens with zero attached hydrogens (tertiary/aromatic N) is 3. The van der Waals surface area contributed by atoms with E-state index in [0.29, 0.717) is 6.04 Å². The molecule has 1 aliphatic rings. The zero-order valence-corrected chi connectivity index (χ0v) is 19.3. The molecule has 1 fully saturated rings. The number of aromatic nitrogens is 1. The fourth-order valence-corrected chi connectivity index (χ4v) is 4.70. The Kier molecular flexibility index (Phi) is 8.96. The van der Waals surface area contributed by atoms with Gasteiger partial charge in [0.05, 0.1) is 18.2 Å². The fourth-order valence-electron chi connectivity index (χ4n) is 3.84. The van der Waals surface area contributed by atoms with Gasteiger partial charge in [0.25, 0.3) is 0 Å². The van der Waals surface area contributed by atoms with E-state index in [-0.39, 0.29) is 0 Å². The highest BCUT2D eigenvalue weighted by atomic mass is 32.1. The van der Waals surface area contributed by atoms with Gasteiger partial charge in [-0.25, -0.2) is 4.98 Å². The minimum Gasteiger partial charge on any atom is -0.497 e. The summed E-state index contributed by atoms with van der Waals surface area (Å²) >= 11 is 1.80. The molecule has 1 unspecified atom stereocenters. The van der Waals surface area contributed by atoms with Gasteiger partial charge in [0.15, 0.2) is 5.96 Å². The number of likely N-dealkylation sites (tertiary alicyclic amines) is 1. The minimum absolute atomic E-state index is 0.320. The van der Waals surface area contributed by atoms with E-state index in [0.717, 1.165) is 50.7 Å². The molecule has 1 aromatic carbocycles. The normalized spacial score (nSPS) is 16.3. The highest BCUT2D eigenvalue weighted by molar-refractivity contribution is 7.11. The first-order chi connectivity index (χ1) is 14.7. The molecule has 30 heavy (non-hydrogen) atoms. The second kappa shape index (κ2) is 11.9. The maximum absolute atomic E-state index is 5.34. The van der Waals surface area contributed by atoms with Crippen molar-refractivity contribution in [3.63, 3.8) is 0 Å². The minimum atomic E-state index is 0.320. The van der Waals surface area contributed by atoms with Crippen LogP contribution in [0.15, 0.2) is 35.5 Å². The molecular formula is C23H35N5OS. The van der Waals surface area contributed by atoms with Crippen molar-refractivity contribution in [2.75, 3.05) is 40.3 Å². The molecule has 3 rings (SSSR count). The average Bonchev–Trinajstić information content (AvgIpc) is 3.27. The van der Waals surface area contributed by atoms with E-state index in [1.165, 1.54) is 34.7 Å². The van der Waals surface area contributed by atoms with Gasteiger partial charge in [-0.05, 0) is 50.0 Å². The molecule has 0 saturated carbocycles. The Morgan fingerprint density at radius 3 is 2.60 bits per heavy atom. The van der Waals surface area contributed by atoms with Crippen LogP contribution in [-0.4, -0.2) is 56.2 Å². The Balaban J connectivity index is 1.56. The predicted octanol–water partition coefficient (Wildman–Crippen LogP) is 3.65. The van der Waals surface area contributed by atoms with Gasteiger partial charge in [0, 0.05) is 37.6 Å². The first-order valence-electron chi connectivity index (χ1n) is 11.0. The van der Waals surface area contributed by atoms with Crippen LogP contribution in [0.1, 0.15) is 47.7 Å². The molecule has 0 bridgehead atoms. The van der Waals surface area contributed by atoms with Gasteiger partial charge in [0.2, 0.25) is 0 Å². The third-order valence-electron chi connectivity index (χ3n) is 5.60. The van der Waals surface area contributed by atoms with Crippen molar-refractivity contribution in [2.45, 2.75) is 45.1 Å². The zero-order valence-electron chi connectivity index (χ0n) is 18.5. The van der Waals surface area contributed by atoms with Crippen LogP contribution in [0.5, 0.6) is 5.75 Å². The number of hydrogen-bond acceptors (Lipinski definition) is 5. The second-order valence-electron chi connectivity index (χ2n) is 7.59. The topological polar surface area (TPSA) is 61.8 Å². The summed E-state index contributed by atoms with van der Waals surface area (Å²) in [6.45, 7) is 6.11. The predicted molar refractivity (Wildman–Crippen MR) is 126 cm³/mol. The van der Waals surface area contributed by atoms with Crippen LogP contribution in [0.3, 0.4) is 0 Å². The van der Waals surface area contributed by atoms with Gasteiger partial charge in [-0.3, -0.25) is 9.89 Å². The van der Waals surface area contributed by atoms with E-state index in [9.17, 15) is 0 Å². The summed E-state index contributed by atoms with van der Waals surface area (Å²) in [6, 6.07) is 8.80. The number of benzene rings is 1. The van der Waals surface area contributed by atoms with Crippen molar-refractivity contribution in [3.8, 4) is 5.75 Å². The van der Waals surface area contributed by atoms with Crippen LogP contribution in [0.2, 0.25) is 0 Å². The smallest absolute Gasteiger partial charge is 0.191 e. The van der Waals surface area contributed by atoms with Gasteiger partial charge >= 0.3 is 0 Å². The van der Waals surface area contributed by atoms with Crippen LogP contribution in [0, 0.1) is 0 Å². The number of nitrogens with one attached hydrogen (secondary N) is 2. The summed E-state index contributed by atoms with van der Waals surface area (Å²) in [4.78, 5) is 12.9. The molecule has 1 saturated heterocycles. The summed E-state index contributed by atoms with van der Waals surface area (Å²) in [5.41, 5.74) is 1.32. The summed E-state index contributed by atoms with van der Waals surface area (Å²) in [5.74, 6) is 1.74. The number of aryl methyl sites for hydroxylation is 1. The van der Waals surface area contributed by atoms with Crippen LogP contribution >= 0.6 is 11.3 Å². The van der Waals surface area contributed by atoms with Crippen molar-refractivity contribution in [3.05, 3.63) is 45.9 Å². The lowest BCUT2D eigenvalue weighted by Crippen LogP contribution is -2.44. The molecule has 0 radical (unpaired) electrons. The lowest BCUT2D eigenvalue weighted by Gasteiger charge is -2.35. The third kappa shape index (κ3) is 6.44. The highest BCUT2D eigenvalue weighted by Crippen LogP contribution is 2.25. The Morgan fingerprint density at radius 1 is 1.20 bits per heavy atom. The van der Waals surface area contributed by atoms with Crippen molar-refractivity contribution in [1.82, 2.24) is 20.5 Å². The first-order valence-corrected chi connectivity index (χ1v) is 11.8. The van der Waals surface area contributed by atoms with Crippen molar-refractivity contribution < 1.29 is 4.74 Å². The van der Waals surface area contributed by atoms with Crippen molar-refractivity contribution in [1.29, 1.82) is 0 Å². The van der Waals surface area contributed by atoms with Gasteiger partial charge < -0.3 is 15.4 Å². The van der Waals surface area contributed by atoms with Gasteiger partial charge in [-0.15, -0.1) is 11.3 Å². The van der Waals surface area contributed by atoms with Gasteiger partial charge in [-0.1, -0.05) is 25.5 Å². The lowest BCUT2D eigenvalue weighted by atomic mass is 10.0. The van der Waals surface area contributed by atoms with E-state index in [1.54, 1.807) is 18.4 Å². The van der Waals surface area contributed by atoms with E-state index in [1.807, 2.05) is 13.2 Å². The van der Waals surface area contributed by atoms with Crippen LogP contribution < -0.4 is 15.4 Å². The first kappa shape index (κ1) is 22.6. The Labute approximate surface area is 184 Å². The average molecular weight is 430 g/mol. The Bertz CT molecular complexity index is 783. The van der Waals surface area contributed by atoms with Crippen LogP contribution in [0.4, 0.5) is 0 Å². The summed E-state index contributed by atoms with van der Waals surface area (Å²) in [6.07, 6.45) is 7.83. The van der Waals surface area contributed by atoms with E-state index in [2.05, 4.69) is 56.7 Å². The molecule has 1 aromatic heterocycles. The van der Waals surface area contributed by atoms with Gasteiger partial charge in [0.1, 0.15) is 5.75 Å². The van der Waals surface area contributed by atoms with Crippen LogP contribution in [-0.2, 0) is 12.8 Å². The monoisotopic (exact) mass is 429 g/mol. The molecule has 6 nitrogen and oxygen atoms in total. The SMILES string of the molecule is CCc1cnc(CCNC(=NC)NCC(c2ccc(OC)cc2)N2CCCCC2)s1. The molecule has 1 aliphatic heterocycles. The highest BCUT2D eigenvalue weighted by Gasteiger charge is 2.22. The number of piperidine rings is 1. The van der Waals surface area contributed by atoms with Crippen LogP contribution in [0.25, 0.3) is 0 Å². The number of methoxy groups -OCH3 is 1. The summed E-state index contributed by atoms with van der Waals surface area (Å²) in [7, 11) is 3.54. The van der Waals surface area contributed by atoms with E-state index in [4.69, 9.17) is 4.74 Å². The second-order valence-corrected chi connectivity index (χ2v) is 8.79. The molecule has 2 heterocycles. The number of rotatable bonds is 9. The van der Waals surface area contributed by atoms with Gasteiger partial charge in [-0.2, -0.15) is 0 Å². The molecule has 2 N–H and O–H groups in total. The molecule has 7 heteroatoms. The number of ether oxygens (including phenoxy) is 1. The number of hydrogen-bond donors (Lipinski definition) is 2. The van der Waals surface area contributed by atoms with Crippen molar-refractivity contribution >= 4 is 17.3 Å². The molecule has 0 aliphatic carbocycles. The lowest BCUT2D eigenvalue weighted by molar-refractivity contribution is 0.164. The third-order valence-corrected chi connectivity index (χ3v) is 6.80. The molecule has 0 amide bonds. The molecule has 2 aromatic rings. The largest absolute Gasteiger partial charge is 0.497 e. The number of guanidine groups is 1. The maximum atomic E-state index is 5.34. The standard InChI is InChI=1S/C23H35N5OS/c1-4-20-16-26-22(30-20)12-13-25-23(24-2)27-17-21(28-14-6-5-7-15-28)18-8-10-19(29-3)11-9-18/h8-11,16,21H,4-7,12-15,17H2,1-3H3,(H2,24,25,27). The fraction of sp³-hybridized carbons (Fsp3) is 0.565. The van der Waals surface area contributed by atoms with Crippen molar-refractivity contribution in [2.24, 2.45) is 4.99 Å². The Morgan fingerprint density at radius 2 is 1.97 bits per heavy atom. The molecule has 1 atom stereocenters. The van der Waals surface area contributed by atoms with E-state index < -0.39 is 0 Å². The molecular weight excluding hydrogens is 394 g/mol.